The number of benzene rings is 1. The van der Waals surface area contributed by atoms with Gasteiger partial charge in [0.15, 0.2) is 0 Å². The van der Waals surface area contributed by atoms with Crippen molar-refractivity contribution in [3.8, 4) is 5.75 Å². The minimum absolute atomic E-state index is 0.166. The van der Waals surface area contributed by atoms with E-state index in [0.29, 0.717) is 12.2 Å². The van der Waals surface area contributed by atoms with Crippen molar-refractivity contribution < 1.29 is 14.6 Å². The van der Waals surface area contributed by atoms with E-state index in [0.717, 1.165) is 11.1 Å². The van der Waals surface area contributed by atoms with Gasteiger partial charge in [0, 0.05) is 12.0 Å². The molecule has 0 atom stereocenters. The predicted octanol–water partition coefficient (Wildman–Crippen LogP) is 2.19. The van der Waals surface area contributed by atoms with Crippen molar-refractivity contribution in [1.29, 1.82) is 0 Å². The summed E-state index contributed by atoms with van der Waals surface area (Å²) in [6.07, 6.45) is 0.306. The van der Waals surface area contributed by atoms with Gasteiger partial charge < -0.3 is 9.84 Å². The average Bonchev–Trinajstić information content (AvgIpc) is 2.18. The minimum atomic E-state index is -0.974. The lowest BCUT2D eigenvalue weighted by atomic mass is 10.0. The van der Waals surface area contributed by atoms with Crippen LogP contribution in [0.5, 0.6) is 5.75 Å². The van der Waals surface area contributed by atoms with Crippen molar-refractivity contribution in [2.24, 2.45) is 0 Å². The highest BCUT2D eigenvalue weighted by atomic mass is 16.5. The third-order valence-electron chi connectivity index (χ3n) is 2.14. The molecule has 1 rings (SSSR count). The van der Waals surface area contributed by atoms with E-state index in [1.165, 1.54) is 0 Å². The zero-order valence-corrected chi connectivity index (χ0v) is 8.91. The summed E-state index contributed by atoms with van der Waals surface area (Å²) in [5.41, 5.74) is 2.09. The van der Waals surface area contributed by atoms with E-state index in [4.69, 9.17) is 9.84 Å². The van der Waals surface area contributed by atoms with Gasteiger partial charge in [-0.15, -0.1) is 0 Å². The van der Waals surface area contributed by atoms with Gasteiger partial charge in [-0.2, -0.15) is 0 Å². The van der Waals surface area contributed by atoms with Gasteiger partial charge in [0.25, 0.3) is 0 Å². The van der Waals surface area contributed by atoms with E-state index in [9.17, 15) is 4.79 Å². The second-order valence-electron chi connectivity index (χ2n) is 3.40. The molecule has 0 aliphatic heterocycles. The molecule has 0 saturated carbocycles. The monoisotopic (exact) mass is 206 g/mol. The molecule has 1 N–H and O–H groups in total. The maximum absolute atomic E-state index is 10.6. The van der Waals surface area contributed by atoms with Crippen LogP contribution in [0.4, 0.5) is 0 Å². The van der Waals surface area contributed by atoms with Crippen LogP contribution in [0, 0.1) is 6.92 Å². The number of hydrogen-bond acceptors (Lipinski definition) is 2. The summed E-state index contributed by atoms with van der Waals surface area (Å²) in [6.45, 7) is 5.45. The molecule has 0 spiro atoms. The number of carboxylic acid groups (broad SMARTS) is 1. The minimum Gasteiger partial charge on any atom is -0.496 e. The molecular weight excluding hydrogens is 192 g/mol. The zero-order chi connectivity index (χ0) is 11.4. The first kappa shape index (κ1) is 11.3. The normalized spacial score (nSPS) is 9.73. The zero-order valence-electron chi connectivity index (χ0n) is 8.91. The third kappa shape index (κ3) is 2.84. The summed E-state index contributed by atoms with van der Waals surface area (Å²) in [7, 11) is 1.57. The Bertz CT molecular complexity index is 394. The Kier molecular flexibility index (Phi) is 3.50. The molecule has 0 aromatic heterocycles. The highest BCUT2D eigenvalue weighted by molar-refractivity contribution is 5.86. The number of aliphatic carboxylic acids is 1. The van der Waals surface area contributed by atoms with Crippen LogP contribution in [0.1, 0.15) is 11.1 Å². The first-order valence-corrected chi connectivity index (χ1v) is 4.59. The Morgan fingerprint density at radius 3 is 2.73 bits per heavy atom. The Balaban J connectivity index is 2.97. The molecule has 0 unspecified atom stereocenters. The van der Waals surface area contributed by atoms with Gasteiger partial charge in [0.2, 0.25) is 0 Å². The standard InChI is InChI=1S/C12H14O3/c1-8-4-5-11(15-3)10(6-8)7-9(2)12(13)14/h4-6H,2,7H2,1,3H3,(H,13,14). The van der Waals surface area contributed by atoms with Crippen LogP contribution < -0.4 is 4.74 Å². The van der Waals surface area contributed by atoms with Crippen LogP contribution in [-0.4, -0.2) is 18.2 Å². The molecule has 0 aliphatic carbocycles. The Hall–Kier alpha value is -1.77. The lowest BCUT2D eigenvalue weighted by molar-refractivity contribution is -0.132. The fourth-order valence-electron chi connectivity index (χ4n) is 1.35. The number of carboxylic acids is 1. The second kappa shape index (κ2) is 4.64. The fourth-order valence-corrected chi connectivity index (χ4v) is 1.35. The van der Waals surface area contributed by atoms with E-state index in [1.807, 2.05) is 25.1 Å². The van der Waals surface area contributed by atoms with Gasteiger partial charge in [-0.3, -0.25) is 0 Å². The number of rotatable bonds is 4. The average molecular weight is 206 g/mol. The van der Waals surface area contributed by atoms with E-state index in [2.05, 4.69) is 6.58 Å². The van der Waals surface area contributed by atoms with Crippen LogP contribution in [0.3, 0.4) is 0 Å². The summed E-state index contributed by atoms with van der Waals surface area (Å²) in [4.78, 5) is 10.6. The van der Waals surface area contributed by atoms with Crippen molar-refractivity contribution in [3.05, 3.63) is 41.5 Å². The fraction of sp³-hybridized carbons (Fsp3) is 0.250. The number of hydrogen-bond donors (Lipinski definition) is 1. The van der Waals surface area contributed by atoms with Crippen LogP contribution >= 0.6 is 0 Å². The molecular formula is C12H14O3. The Morgan fingerprint density at radius 1 is 1.53 bits per heavy atom. The molecule has 0 fully saturated rings. The van der Waals surface area contributed by atoms with Crippen molar-refractivity contribution in [3.63, 3.8) is 0 Å². The van der Waals surface area contributed by atoms with Crippen molar-refractivity contribution >= 4 is 5.97 Å². The number of ether oxygens (including phenoxy) is 1. The first-order chi connectivity index (χ1) is 7.04. The number of aryl methyl sites for hydroxylation is 1. The highest BCUT2D eigenvalue weighted by Gasteiger charge is 2.09. The van der Waals surface area contributed by atoms with Crippen LogP contribution in [0.2, 0.25) is 0 Å². The highest BCUT2D eigenvalue weighted by Crippen LogP contribution is 2.22. The molecule has 15 heavy (non-hydrogen) atoms. The van der Waals surface area contributed by atoms with Gasteiger partial charge in [0.05, 0.1) is 7.11 Å². The smallest absolute Gasteiger partial charge is 0.331 e. The predicted molar refractivity (Wildman–Crippen MR) is 58.2 cm³/mol. The van der Waals surface area contributed by atoms with E-state index >= 15 is 0 Å². The van der Waals surface area contributed by atoms with E-state index in [-0.39, 0.29) is 5.57 Å². The maximum atomic E-state index is 10.6. The summed E-state index contributed by atoms with van der Waals surface area (Å²) >= 11 is 0. The summed E-state index contributed by atoms with van der Waals surface area (Å²) < 4.78 is 5.15. The molecule has 3 heteroatoms. The van der Waals surface area contributed by atoms with Crippen molar-refractivity contribution in [2.75, 3.05) is 7.11 Å². The molecule has 0 amide bonds. The van der Waals surface area contributed by atoms with Gasteiger partial charge in [-0.25, -0.2) is 4.79 Å². The van der Waals surface area contributed by atoms with Crippen molar-refractivity contribution in [2.45, 2.75) is 13.3 Å². The number of methoxy groups -OCH3 is 1. The molecule has 0 saturated heterocycles. The third-order valence-corrected chi connectivity index (χ3v) is 2.14. The summed E-state index contributed by atoms with van der Waals surface area (Å²) in [5, 5.41) is 8.74. The van der Waals surface area contributed by atoms with E-state index in [1.54, 1.807) is 7.11 Å². The molecule has 0 heterocycles. The molecule has 0 aliphatic rings. The van der Waals surface area contributed by atoms with Gasteiger partial charge >= 0.3 is 5.97 Å². The lowest BCUT2D eigenvalue weighted by Gasteiger charge is -2.09. The summed E-state index contributed by atoms with van der Waals surface area (Å²) in [5.74, 6) is -0.276. The molecule has 80 valence electrons. The molecule has 1 aromatic rings. The van der Waals surface area contributed by atoms with Crippen LogP contribution in [0.15, 0.2) is 30.4 Å². The van der Waals surface area contributed by atoms with Crippen molar-refractivity contribution in [1.82, 2.24) is 0 Å². The van der Waals surface area contributed by atoms with Crippen LogP contribution in [0.25, 0.3) is 0 Å². The van der Waals surface area contributed by atoms with Gasteiger partial charge in [-0.05, 0) is 18.6 Å². The number of carbonyl (C=O) groups is 1. The molecule has 0 bridgehead atoms. The molecule has 3 nitrogen and oxygen atoms in total. The Morgan fingerprint density at radius 2 is 2.20 bits per heavy atom. The maximum Gasteiger partial charge on any atom is 0.331 e. The molecule has 0 radical (unpaired) electrons. The topological polar surface area (TPSA) is 46.5 Å². The SMILES string of the molecule is C=C(Cc1cc(C)ccc1OC)C(=O)O. The first-order valence-electron chi connectivity index (χ1n) is 4.59. The van der Waals surface area contributed by atoms with E-state index < -0.39 is 5.97 Å². The van der Waals surface area contributed by atoms with Gasteiger partial charge in [0.1, 0.15) is 5.75 Å². The Labute approximate surface area is 89.0 Å². The second-order valence-corrected chi connectivity index (χ2v) is 3.40. The largest absolute Gasteiger partial charge is 0.496 e. The lowest BCUT2D eigenvalue weighted by Crippen LogP contribution is -2.03. The quantitative estimate of drug-likeness (QED) is 0.768. The summed E-state index contributed by atoms with van der Waals surface area (Å²) in [6, 6.07) is 5.67. The van der Waals surface area contributed by atoms with Crippen LogP contribution in [-0.2, 0) is 11.2 Å². The van der Waals surface area contributed by atoms with Gasteiger partial charge in [-0.1, -0.05) is 24.3 Å². The molecule has 1 aromatic carbocycles.